The van der Waals surface area contributed by atoms with Crippen molar-refractivity contribution in [2.75, 3.05) is 6.54 Å². The van der Waals surface area contributed by atoms with Gasteiger partial charge in [0.05, 0.1) is 12.3 Å². The van der Waals surface area contributed by atoms with E-state index in [4.69, 9.17) is 5.11 Å². The second-order valence-electron chi connectivity index (χ2n) is 4.82. The maximum atomic E-state index is 12.2. The number of nitrogens with zero attached hydrogens (tertiary/aromatic N) is 1. The van der Waals surface area contributed by atoms with Crippen molar-refractivity contribution < 1.29 is 14.7 Å². The lowest BCUT2D eigenvalue weighted by atomic mass is 10.1. The topological polar surface area (TPSA) is 57.6 Å². The van der Waals surface area contributed by atoms with Crippen molar-refractivity contribution in [3.05, 3.63) is 22.4 Å². The van der Waals surface area contributed by atoms with Crippen LogP contribution in [0.5, 0.6) is 0 Å². The van der Waals surface area contributed by atoms with E-state index in [0.29, 0.717) is 13.0 Å². The zero-order valence-corrected chi connectivity index (χ0v) is 11.2. The average Bonchev–Trinajstić information content (AvgIpc) is 3.03. The van der Waals surface area contributed by atoms with Crippen LogP contribution in [0, 0.1) is 5.92 Å². The molecule has 0 aromatic carbocycles. The number of amides is 1. The number of carbonyl (C=O) groups is 2. The van der Waals surface area contributed by atoms with Crippen LogP contribution in [0.4, 0.5) is 0 Å². The minimum atomic E-state index is -0.844. The zero-order valence-electron chi connectivity index (χ0n) is 10.3. The molecule has 0 unspecified atom stereocenters. The Morgan fingerprint density at radius 1 is 1.56 bits per heavy atom. The van der Waals surface area contributed by atoms with Gasteiger partial charge in [0.1, 0.15) is 0 Å². The van der Waals surface area contributed by atoms with Gasteiger partial charge < -0.3 is 10.0 Å². The Balaban J connectivity index is 1.96. The van der Waals surface area contributed by atoms with Crippen LogP contribution >= 0.6 is 11.3 Å². The molecule has 1 atom stereocenters. The van der Waals surface area contributed by atoms with Gasteiger partial charge in [-0.1, -0.05) is 6.92 Å². The fourth-order valence-electron chi connectivity index (χ4n) is 1.88. The summed E-state index contributed by atoms with van der Waals surface area (Å²) in [5.41, 5.74) is 1.01. The summed E-state index contributed by atoms with van der Waals surface area (Å²) in [5.74, 6) is -1.30. The summed E-state index contributed by atoms with van der Waals surface area (Å²) < 4.78 is 0. The first-order valence-electron chi connectivity index (χ1n) is 6.11. The number of carboxylic acids is 1. The smallest absolute Gasteiger partial charge is 0.308 e. The van der Waals surface area contributed by atoms with Crippen molar-refractivity contribution in [1.29, 1.82) is 0 Å². The predicted octanol–water partition coefficient (Wildman–Crippen LogP) is 2.00. The highest BCUT2D eigenvalue weighted by Gasteiger charge is 2.34. The molecule has 1 aromatic rings. The predicted molar refractivity (Wildman–Crippen MR) is 69.6 cm³/mol. The van der Waals surface area contributed by atoms with E-state index in [1.165, 1.54) is 0 Å². The van der Waals surface area contributed by atoms with Gasteiger partial charge in [-0.25, -0.2) is 0 Å². The van der Waals surface area contributed by atoms with E-state index in [-0.39, 0.29) is 11.9 Å². The first-order valence-corrected chi connectivity index (χ1v) is 7.05. The molecule has 0 spiro atoms. The van der Waals surface area contributed by atoms with Crippen LogP contribution in [-0.4, -0.2) is 34.5 Å². The molecule has 1 aliphatic rings. The minimum absolute atomic E-state index is 0.0454. The molecule has 0 saturated heterocycles. The van der Waals surface area contributed by atoms with Crippen LogP contribution in [0.25, 0.3) is 0 Å². The van der Waals surface area contributed by atoms with Crippen LogP contribution < -0.4 is 0 Å². The second kappa shape index (κ2) is 5.52. The molecule has 0 bridgehead atoms. The van der Waals surface area contributed by atoms with Gasteiger partial charge in [0.25, 0.3) is 0 Å². The molecule has 1 heterocycles. The highest BCUT2D eigenvalue weighted by atomic mass is 32.1. The Hall–Kier alpha value is -1.36. The highest BCUT2D eigenvalue weighted by molar-refractivity contribution is 7.07. The van der Waals surface area contributed by atoms with Gasteiger partial charge in [-0.2, -0.15) is 11.3 Å². The summed E-state index contributed by atoms with van der Waals surface area (Å²) >= 11 is 1.57. The molecule has 1 saturated carbocycles. The largest absolute Gasteiger partial charge is 0.481 e. The molecule has 4 nitrogen and oxygen atoms in total. The molecule has 1 aromatic heterocycles. The van der Waals surface area contributed by atoms with Gasteiger partial charge in [-0.05, 0) is 35.2 Å². The zero-order chi connectivity index (χ0) is 13.1. The molecule has 1 N–H and O–H groups in total. The Morgan fingerprint density at radius 3 is 2.78 bits per heavy atom. The molecule has 18 heavy (non-hydrogen) atoms. The number of aliphatic carboxylic acids is 1. The molecule has 1 fully saturated rings. The third kappa shape index (κ3) is 3.32. The lowest BCUT2D eigenvalue weighted by molar-refractivity contribution is -0.143. The van der Waals surface area contributed by atoms with Gasteiger partial charge in [-0.15, -0.1) is 0 Å². The number of rotatable bonds is 6. The van der Waals surface area contributed by atoms with Crippen molar-refractivity contribution in [2.24, 2.45) is 5.92 Å². The maximum Gasteiger partial charge on any atom is 0.308 e. The third-order valence-electron chi connectivity index (χ3n) is 3.14. The van der Waals surface area contributed by atoms with Crippen LogP contribution in [0.3, 0.4) is 0 Å². The van der Waals surface area contributed by atoms with Crippen molar-refractivity contribution in [1.82, 2.24) is 4.90 Å². The van der Waals surface area contributed by atoms with Crippen LogP contribution in [0.1, 0.15) is 25.3 Å². The van der Waals surface area contributed by atoms with Crippen LogP contribution in [-0.2, 0) is 16.0 Å². The third-order valence-corrected chi connectivity index (χ3v) is 3.87. The summed E-state index contributed by atoms with van der Waals surface area (Å²) in [5, 5.41) is 12.8. The van der Waals surface area contributed by atoms with Gasteiger partial charge >= 0.3 is 5.97 Å². The van der Waals surface area contributed by atoms with E-state index >= 15 is 0 Å². The molecule has 1 aliphatic carbocycles. The quantitative estimate of drug-likeness (QED) is 0.857. The maximum absolute atomic E-state index is 12.2. The molecule has 98 valence electrons. The number of thiophene rings is 1. The summed E-state index contributed by atoms with van der Waals surface area (Å²) in [7, 11) is 0. The van der Waals surface area contributed by atoms with Crippen LogP contribution in [0.2, 0.25) is 0 Å². The average molecular weight is 267 g/mol. The van der Waals surface area contributed by atoms with Gasteiger partial charge in [0.2, 0.25) is 5.91 Å². The van der Waals surface area contributed by atoms with E-state index in [9.17, 15) is 9.59 Å². The molecule has 2 rings (SSSR count). The van der Waals surface area contributed by atoms with Gasteiger partial charge in [0, 0.05) is 12.6 Å². The molecule has 0 aliphatic heterocycles. The SMILES string of the molecule is C[C@H](CN(C(=O)Cc1ccsc1)C1CC1)C(=O)O. The van der Waals surface area contributed by atoms with Gasteiger partial charge in [-0.3, -0.25) is 9.59 Å². The van der Waals surface area contributed by atoms with E-state index in [1.54, 1.807) is 23.2 Å². The molecular weight excluding hydrogens is 250 g/mol. The van der Waals surface area contributed by atoms with Crippen molar-refractivity contribution in [3.63, 3.8) is 0 Å². The molecule has 1 amide bonds. The Labute approximate surface area is 110 Å². The first-order chi connectivity index (χ1) is 8.58. The summed E-state index contributed by atoms with van der Waals surface area (Å²) in [6.45, 7) is 1.97. The lowest BCUT2D eigenvalue weighted by Crippen LogP contribution is -2.39. The summed E-state index contributed by atoms with van der Waals surface area (Å²) in [4.78, 5) is 24.8. The first kappa shape index (κ1) is 13.1. The molecule has 0 radical (unpaired) electrons. The number of hydrogen-bond acceptors (Lipinski definition) is 3. The fraction of sp³-hybridized carbons (Fsp3) is 0.538. The summed E-state index contributed by atoms with van der Waals surface area (Å²) in [6, 6.07) is 2.20. The number of hydrogen-bond donors (Lipinski definition) is 1. The van der Waals surface area contributed by atoms with E-state index in [1.807, 2.05) is 16.8 Å². The molecular formula is C13H17NO3S. The Bertz CT molecular complexity index is 425. The number of carboxylic acid groups (broad SMARTS) is 1. The highest BCUT2D eigenvalue weighted by Crippen LogP contribution is 2.28. The Kier molecular flexibility index (Phi) is 4.01. The summed E-state index contributed by atoms with van der Waals surface area (Å²) in [6.07, 6.45) is 2.38. The minimum Gasteiger partial charge on any atom is -0.481 e. The monoisotopic (exact) mass is 267 g/mol. The van der Waals surface area contributed by atoms with E-state index in [2.05, 4.69) is 0 Å². The number of carbonyl (C=O) groups excluding carboxylic acids is 1. The van der Waals surface area contributed by atoms with E-state index < -0.39 is 11.9 Å². The van der Waals surface area contributed by atoms with Crippen LogP contribution in [0.15, 0.2) is 16.8 Å². The van der Waals surface area contributed by atoms with E-state index in [0.717, 1.165) is 18.4 Å². The lowest BCUT2D eigenvalue weighted by Gasteiger charge is -2.24. The van der Waals surface area contributed by atoms with Crippen molar-refractivity contribution >= 4 is 23.2 Å². The normalized spacial score (nSPS) is 16.3. The van der Waals surface area contributed by atoms with Crippen molar-refractivity contribution in [2.45, 2.75) is 32.2 Å². The fourth-order valence-corrected chi connectivity index (χ4v) is 2.55. The standard InChI is InChI=1S/C13H17NO3S/c1-9(13(16)17)7-14(11-2-3-11)12(15)6-10-4-5-18-8-10/h4-5,8-9,11H,2-3,6-7H2,1H3,(H,16,17)/t9-/m1/s1. The van der Waals surface area contributed by atoms with Crippen molar-refractivity contribution in [3.8, 4) is 0 Å². The second-order valence-corrected chi connectivity index (χ2v) is 5.60. The van der Waals surface area contributed by atoms with Gasteiger partial charge in [0.15, 0.2) is 0 Å². The Morgan fingerprint density at radius 2 is 2.28 bits per heavy atom. The molecule has 5 heteroatoms.